The van der Waals surface area contributed by atoms with Crippen molar-refractivity contribution in [3.63, 3.8) is 0 Å². The van der Waals surface area contributed by atoms with Crippen LogP contribution in [0.2, 0.25) is 0 Å². The second-order valence-corrected chi connectivity index (χ2v) is 10.9. The summed E-state index contributed by atoms with van der Waals surface area (Å²) in [6.45, 7) is 9.93. The molecule has 38 heavy (non-hydrogen) atoms. The molecule has 11 heteroatoms. The first-order valence-corrected chi connectivity index (χ1v) is 13.0. The van der Waals surface area contributed by atoms with Gasteiger partial charge in [-0.2, -0.15) is 0 Å². The molecule has 0 radical (unpaired) electrons. The van der Waals surface area contributed by atoms with E-state index in [9.17, 15) is 0 Å². The molecule has 0 N–H and O–H groups in total. The first-order valence-electron chi connectivity index (χ1n) is 13.0. The van der Waals surface area contributed by atoms with E-state index in [1.165, 1.54) is 0 Å². The van der Waals surface area contributed by atoms with E-state index in [1.807, 2.05) is 82.7 Å². The molecule has 0 saturated carbocycles. The fourth-order valence-corrected chi connectivity index (χ4v) is 5.36. The number of rotatable bonds is 8. The molecule has 202 valence electrons. The second-order valence-electron chi connectivity index (χ2n) is 10.9. The summed E-state index contributed by atoms with van der Waals surface area (Å²) in [7, 11) is 0. The van der Waals surface area contributed by atoms with E-state index >= 15 is 0 Å². The number of hydrogen-bond acceptors (Lipinski definition) is 10. The lowest BCUT2D eigenvalue weighted by Gasteiger charge is -2.37. The van der Waals surface area contributed by atoms with Crippen LogP contribution in [0, 0.1) is 0 Å². The lowest BCUT2D eigenvalue weighted by molar-refractivity contribution is -0.236. The van der Waals surface area contributed by atoms with Crippen molar-refractivity contribution in [3.8, 4) is 0 Å². The van der Waals surface area contributed by atoms with Gasteiger partial charge in [0.15, 0.2) is 17.9 Å². The third-order valence-electron chi connectivity index (χ3n) is 6.81. The molecule has 0 amide bonds. The third-order valence-corrected chi connectivity index (χ3v) is 6.81. The number of ether oxygens (including phenoxy) is 5. The van der Waals surface area contributed by atoms with Crippen LogP contribution < -0.4 is 0 Å². The van der Waals surface area contributed by atoms with E-state index in [0.717, 1.165) is 17.1 Å². The van der Waals surface area contributed by atoms with Crippen LogP contribution in [0.3, 0.4) is 0 Å². The number of nitrogens with zero attached hydrogens (tertiary/aromatic N) is 6. The molecule has 0 bridgehead atoms. The molecule has 3 saturated heterocycles. The average molecular weight is 523 g/mol. The van der Waals surface area contributed by atoms with Gasteiger partial charge >= 0.3 is 0 Å². The fourth-order valence-electron chi connectivity index (χ4n) is 5.36. The van der Waals surface area contributed by atoms with Crippen molar-refractivity contribution in [2.24, 2.45) is 0 Å². The summed E-state index contributed by atoms with van der Waals surface area (Å²) < 4.78 is 32.7. The normalized spacial score (nSPS) is 29.3. The van der Waals surface area contributed by atoms with Crippen LogP contribution in [0.4, 0.5) is 0 Å². The predicted molar refractivity (Wildman–Crippen MR) is 134 cm³/mol. The fraction of sp³-hybridized carbons (Fsp3) is 0.556. The standard InChI is InChI=1S/C27H34N6O5/c1-26(2)35-22-21(34-25-24(23(22)36-26)37-27(3,4)38-25)17-33-16-20(30-31-33)15-32(13-18-9-5-7-11-28-18)14-19-10-6-8-12-29-19/h5-12,16,21-25H,13-15,17H2,1-4H3/t21-,22+,23+,24-,25-/m1/s1. The second kappa shape index (κ2) is 10.1. The maximum atomic E-state index is 6.34. The molecule has 0 spiro atoms. The van der Waals surface area contributed by atoms with Gasteiger partial charge in [0.25, 0.3) is 0 Å². The molecule has 0 aliphatic carbocycles. The summed E-state index contributed by atoms with van der Waals surface area (Å²) in [4.78, 5) is 11.2. The van der Waals surface area contributed by atoms with Crippen molar-refractivity contribution in [1.82, 2.24) is 29.9 Å². The first kappa shape index (κ1) is 25.5. The monoisotopic (exact) mass is 522 g/mol. The van der Waals surface area contributed by atoms with Crippen LogP contribution >= 0.6 is 0 Å². The van der Waals surface area contributed by atoms with Crippen LogP contribution in [0.25, 0.3) is 0 Å². The highest BCUT2D eigenvalue weighted by Gasteiger charge is 2.60. The minimum atomic E-state index is -0.754. The SMILES string of the molecule is CC1(C)O[C@H]2[C@@H](O1)[C@@H](Cn1cc(CN(Cc3ccccn3)Cc3ccccn3)nn1)O[C@@H]1OC(C)(C)O[C@@H]12. The summed E-state index contributed by atoms with van der Waals surface area (Å²) in [5, 5.41) is 8.86. The number of pyridine rings is 2. The van der Waals surface area contributed by atoms with Crippen molar-refractivity contribution < 1.29 is 23.7 Å². The molecule has 3 aromatic rings. The van der Waals surface area contributed by atoms with E-state index < -0.39 is 17.9 Å². The summed E-state index contributed by atoms with van der Waals surface area (Å²) in [5.74, 6) is -1.50. The Labute approximate surface area is 222 Å². The molecule has 0 aromatic carbocycles. The molecular weight excluding hydrogens is 488 g/mol. The van der Waals surface area contributed by atoms with Gasteiger partial charge in [0.2, 0.25) is 0 Å². The predicted octanol–water partition coefficient (Wildman–Crippen LogP) is 2.67. The van der Waals surface area contributed by atoms with Gasteiger partial charge in [0.1, 0.15) is 24.4 Å². The Morgan fingerprint density at radius 2 is 1.37 bits per heavy atom. The van der Waals surface area contributed by atoms with Crippen LogP contribution in [0.5, 0.6) is 0 Å². The maximum Gasteiger partial charge on any atom is 0.190 e. The summed E-state index contributed by atoms with van der Waals surface area (Å²) in [6.07, 6.45) is 3.71. The minimum absolute atomic E-state index is 0.300. The molecule has 3 aliphatic rings. The Morgan fingerprint density at radius 3 is 2.03 bits per heavy atom. The van der Waals surface area contributed by atoms with E-state index in [-0.39, 0.29) is 24.4 Å². The Kier molecular flexibility index (Phi) is 6.75. The zero-order valence-electron chi connectivity index (χ0n) is 22.1. The molecule has 11 nitrogen and oxygen atoms in total. The molecule has 6 rings (SSSR count). The van der Waals surface area contributed by atoms with Crippen LogP contribution in [-0.4, -0.2) is 72.1 Å². The average Bonchev–Trinajstić information content (AvgIpc) is 3.54. The van der Waals surface area contributed by atoms with Crippen molar-refractivity contribution in [1.29, 1.82) is 0 Å². The van der Waals surface area contributed by atoms with E-state index in [4.69, 9.17) is 23.7 Å². The van der Waals surface area contributed by atoms with Gasteiger partial charge in [-0.25, -0.2) is 4.68 Å². The van der Waals surface area contributed by atoms with Gasteiger partial charge in [0.05, 0.1) is 23.6 Å². The van der Waals surface area contributed by atoms with Gasteiger partial charge in [-0.3, -0.25) is 14.9 Å². The van der Waals surface area contributed by atoms with Gasteiger partial charge in [-0.1, -0.05) is 17.3 Å². The quantitative estimate of drug-likeness (QED) is 0.438. The molecule has 3 aliphatic heterocycles. The van der Waals surface area contributed by atoms with E-state index in [2.05, 4.69) is 25.2 Å². The minimum Gasteiger partial charge on any atom is -0.342 e. The van der Waals surface area contributed by atoms with Gasteiger partial charge in [0, 0.05) is 38.2 Å². The van der Waals surface area contributed by atoms with E-state index in [0.29, 0.717) is 26.2 Å². The van der Waals surface area contributed by atoms with Crippen molar-refractivity contribution >= 4 is 0 Å². The van der Waals surface area contributed by atoms with Crippen LogP contribution in [0.15, 0.2) is 55.0 Å². The van der Waals surface area contributed by atoms with Crippen LogP contribution in [0.1, 0.15) is 44.8 Å². The topological polar surface area (TPSA) is 106 Å². The molecule has 3 aromatic heterocycles. The van der Waals surface area contributed by atoms with Gasteiger partial charge < -0.3 is 23.7 Å². The zero-order chi connectivity index (χ0) is 26.3. The number of fused-ring (bicyclic) bond motifs is 3. The largest absolute Gasteiger partial charge is 0.342 e. The number of hydrogen-bond donors (Lipinski definition) is 0. The molecule has 6 heterocycles. The molecule has 3 fully saturated rings. The lowest BCUT2D eigenvalue weighted by atomic mass is 9.99. The maximum absolute atomic E-state index is 6.34. The molecule has 5 atom stereocenters. The highest BCUT2D eigenvalue weighted by molar-refractivity contribution is 5.07. The van der Waals surface area contributed by atoms with Gasteiger partial charge in [-0.15, -0.1) is 5.10 Å². The van der Waals surface area contributed by atoms with Crippen LogP contribution in [-0.2, 0) is 49.9 Å². The van der Waals surface area contributed by atoms with Crippen molar-refractivity contribution in [3.05, 3.63) is 72.1 Å². The summed E-state index contributed by atoms with van der Waals surface area (Å²) in [5.41, 5.74) is 2.80. The van der Waals surface area contributed by atoms with E-state index in [1.54, 1.807) is 4.68 Å². The lowest BCUT2D eigenvalue weighted by Crippen LogP contribution is -2.56. The molecule has 0 unspecified atom stereocenters. The van der Waals surface area contributed by atoms with Crippen molar-refractivity contribution in [2.45, 2.75) is 96.2 Å². The molecular formula is C27H34N6O5. The zero-order valence-corrected chi connectivity index (χ0v) is 22.1. The Balaban J connectivity index is 1.16. The highest BCUT2D eigenvalue weighted by atomic mass is 16.9. The summed E-state index contributed by atoms with van der Waals surface area (Å²) >= 11 is 0. The first-order chi connectivity index (χ1) is 18.2. The number of aromatic nitrogens is 5. The van der Waals surface area contributed by atoms with Crippen molar-refractivity contribution in [2.75, 3.05) is 0 Å². The summed E-state index contributed by atoms with van der Waals surface area (Å²) in [6, 6.07) is 11.9. The Hall–Kier alpha value is -2.80. The Bertz CT molecular complexity index is 1180. The third kappa shape index (κ3) is 5.63. The van der Waals surface area contributed by atoms with Gasteiger partial charge in [-0.05, 0) is 52.0 Å². The Morgan fingerprint density at radius 1 is 0.763 bits per heavy atom. The highest BCUT2D eigenvalue weighted by Crippen LogP contribution is 2.44. The smallest absolute Gasteiger partial charge is 0.190 e.